The number of amides is 2. The molecule has 8 heteroatoms. The van der Waals surface area contributed by atoms with Crippen molar-refractivity contribution in [2.24, 2.45) is 10.7 Å². The summed E-state index contributed by atoms with van der Waals surface area (Å²) in [7, 11) is 3.18. The molecule has 2 aliphatic heterocycles. The molecule has 0 aromatic heterocycles. The van der Waals surface area contributed by atoms with Crippen LogP contribution in [0.5, 0.6) is 5.75 Å². The molecule has 0 spiro atoms. The summed E-state index contributed by atoms with van der Waals surface area (Å²) < 4.78 is 5.34. The van der Waals surface area contributed by atoms with Crippen molar-refractivity contribution in [2.45, 2.75) is 11.6 Å². The fourth-order valence-electron chi connectivity index (χ4n) is 4.39. The summed E-state index contributed by atoms with van der Waals surface area (Å²) in [5.41, 5.74) is 8.66. The highest BCUT2D eigenvalue weighted by atomic mass is 35.5. The van der Waals surface area contributed by atoms with Gasteiger partial charge < -0.3 is 20.7 Å². The number of benzene rings is 3. The Morgan fingerprint density at radius 2 is 1.85 bits per heavy atom. The molecule has 2 amide bonds. The fourth-order valence-corrected chi connectivity index (χ4v) is 4.56. The lowest BCUT2D eigenvalue weighted by Crippen LogP contribution is -2.58. The Balaban J connectivity index is 1.78. The lowest BCUT2D eigenvalue weighted by Gasteiger charge is -2.30. The number of likely N-dealkylation sites (N-methyl/N-ethyl adjacent to an activating group) is 1. The van der Waals surface area contributed by atoms with E-state index >= 15 is 0 Å². The van der Waals surface area contributed by atoms with E-state index in [0.717, 1.165) is 5.56 Å². The maximum Gasteiger partial charge on any atom is 0.254 e. The van der Waals surface area contributed by atoms with Crippen LogP contribution in [-0.4, -0.2) is 37.7 Å². The number of nitrogens with two attached hydrogens (primary N) is 1. The Hall–Kier alpha value is -3.68. The molecule has 5 rings (SSSR count). The Morgan fingerprint density at radius 3 is 2.58 bits per heavy atom. The summed E-state index contributed by atoms with van der Waals surface area (Å²) in [6.07, 6.45) is 0. The van der Waals surface area contributed by atoms with Gasteiger partial charge in [-0.3, -0.25) is 14.6 Å². The van der Waals surface area contributed by atoms with E-state index in [1.807, 2.05) is 30.3 Å². The van der Waals surface area contributed by atoms with E-state index < -0.39 is 23.4 Å². The van der Waals surface area contributed by atoms with Gasteiger partial charge in [-0.2, -0.15) is 0 Å². The molecule has 7 nitrogen and oxygen atoms in total. The average Bonchev–Trinajstić information content (AvgIpc) is 3.02. The Bertz CT molecular complexity index is 1320. The Kier molecular flexibility index (Phi) is 4.96. The van der Waals surface area contributed by atoms with E-state index in [9.17, 15) is 9.59 Å². The molecule has 0 saturated heterocycles. The first-order valence-electron chi connectivity index (χ1n) is 10.3. The van der Waals surface area contributed by atoms with E-state index in [-0.39, 0.29) is 0 Å². The molecule has 2 heterocycles. The van der Waals surface area contributed by atoms with Crippen LogP contribution in [0.2, 0.25) is 5.02 Å². The number of nitrogens with zero attached hydrogens (tertiary/aromatic N) is 2. The molecule has 3 aromatic carbocycles. The topological polar surface area (TPSA) is 97.0 Å². The number of anilines is 2. The third-order valence-corrected chi connectivity index (χ3v) is 6.41. The molecule has 0 bridgehead atoms. The van der Waals surface area contributed by atoms with Crippen LogP contribution in [-0.2, 0) is 15.1 Å². The van der Waals surface area contributed by atoms with Crippen molar-refractivity contribution in [1.29, 1.82) is 0 Å². The summed E-state index contributed by atoms with van der Waals surface area (Å²) in [6, 6.07) is 18.6. The summed E-state index contributed by atoms with van der Waals surface area (Å²) in [4.78, 5) is 33.4. The van der Waals surface area contributed by atoms with Gasteiger partial charge in [0, 0.05) is 34.4 Å². The lowest BCUT2D eigenvalue weighted by molar-refractivity contribution is -0.128. The maximum absolute atomic E-state index is 13.8. The number of aliphatic imine (C=N–C) groups is 1. The number of rotatable bonds is 3. The second-order valence-electron chi connectivity index (χ2n) is 8.04. The van der Waals surface area contributed by atoms with Crippen molar-refractivity contribution in [3.63, 3.8) is 0 Å². The van der Waals surface area contributed by atoms with E-state index in [1.165, 1.54) is 12.0 Å². The first kappa shape index (κ1) is 21.2. The predicted molar refractivity (Wildman–Crippen MR) is 128 cm³/mol. The van der Waals surface area contributed by atoms with Crippen LogP contribution in [0.15, 0.2) is 71.7 Å². The van der Waals surface area contributed by atoms with Crippen LogP contribution >= 0.6 is 11.6 Å². The van der Waals surface area contributed by atoms with Gasteiger partial charge in [-0.05, 0) is 36.4 Å². The molecule has 0 saturated carbocycles. The zero-order valence-electron chi connectivity index (χ0n) is 18.0. The standard InChI is InChI=1S/C25H21ClN4O3/c1-30-20-11-8-15(26)12-17(20)21(14-6-4-3-5-7-14)29-22(23(30)31)25(27)18-13-16(33-2)9-10-19(18)28-24(25)32/h3-13,22H,27H2,1-2H3,(H,28,32). The second-order valence-corrected chi connectivity index (χ2v) is 8.48. The van der Waals surface area contributed by atoms with Crippen molar-refractivity contribution in [3.8, 4) is 5.75 Å². The smallest absolute Gasteiger partial charge is 0.254 e. The number of fused-ring (bicyclic) bond motifs is 2. The number of hydrogen-bond acceptors (Lipinski definition) is 5. The minimum atomic E-state index is -1.74. The zero-order chi connectivity index (χ0) is 23.3. The lowest BCUT2D eigenvalue weighted by atomic mass is 9.84. The normalized spacial score (nSPS) is 21.6. The van der Waals surface area contributed by atoms with Crippen molar-refractivity contribution in [3.05, 3.63) is 88.4 Å². The van der Waals surface area contributed by atoms with Gasteiger partial charge in [0.2, 0.25) is 0 Å². The first-order chi connectivity index (χ1) is 15.8. The molecule has 0 aliphatic carbocycles. The number of carbonyl (C=O) groups is 2. The number of methoxy groups -OCH3 is 1. The van der Waals surface area contributed by atoms with E-state index in [1.54, 1.807) is 43.4 Å². The third-order valence-electron chi connectivity index (χ3n) is 6.17. The Labute approximate surface area is 195 Å². The summed E-state index contributed by atoms with van der Waals surface area (Å²) in [5, 5.41) is 3.30. The number of carbonyl (C=O) groups excluding carboxylic acids is 2. The van der Waals surface area contributed by atoms with Crippen LogP contribution in [0.3, 0.4) is 0 Å². The van der Waals surface area contributed by atoms with Crippen LogP contribution in [0.4, 0.5) is 11.4 Å². The van der Waals surface area contributed by atoms with Gasteiger partial charge in [-0.15, -0.1) is 0 Å². The highest BCUT2D eigenvalue weighted by molar-refractivity contribution is 6.32. The SMILES string of the molecule is COc1ccc2c(c1)C(N)(C1N=C(c3ccccc3)c3cc(Cl)ccc3N(C)C1=O)C(=O)N2. The minimum absolute atomic E-state index is 0.405. The van der Waals surface area contributed by atoms with Gasteiger partial charge in [-0.1, -0.05) is 41.9 Å². The molecular weight excluding hydrogens is 440 g/mol. The van der Waals surface area contributed by atoms with E-state index in [4.69, 9.17) is 27.1 Å². The zero-order valence-corrected chi connectivity index (χ0v) is 18.8. The highest BCUT2D eigenvalue weighted by Gasteiger charge is 2.54. The molecular formula is C25H21ClN4O3. The van der Waals surface area contributed by atoms with Gasteiger partial charge >= 0.3 is 0 Å². The van der Waals surface area contributed by atoms with Gasteiger partial charge in [-0.25, -0.2) is 0 Å². The molecule has 3 aromatic rings. The Morgan fingerprint density at radius 1 is 1.09 bits per heavy atom. The van der Waals surface area contributed by atoms with Crippen molar-refractivity contribution < 1.29 is 14.3 Å². The summed E-state index contributed by atoms with van der Waals surface area (Å²) in [6.45, 7) is 0. The molecule has 166 valence electrons. The number of benzodiazepines with no additional fused rings is 1. The van der Waals surface area contributed by atoms with E-state index in [2.05, 4.69) is 5.32 Å². The molecule has 2 aliphatic rings. The number of halogens is 1. The second kappa shape index (κ2) is 7.72. The van der Waals surface area contributed by atoms with Crippen LogP contribution in [0.25, 0.3) is 0 Å². The monoisotopic (exact) mass is 460 g/mol. The number of nitrogens with one attached hydrogen (secondary N) is 1. The molecule has 2 atom stereocenters. The molecule has 33 heavy (non-hydrogen) atoms. The van der Waals surface area contributed by atoms with E-state index in [0.29, 0.717) is 39.0 Å². The predicted octanol–water partition coefficient (Wildman–Crippen LogP) is 3.34. The summed E-state index contributed by atoms with van der Waals surface area (Å²) in [5.74, 6) is -0.382. The molecule has 3 N–H and O–H groups in total. The molecule has 0 radical (unpaired) electrons. The van der Waals surface area contributed by atoms with Gasteiger partial charge in [0.25, 0.3) is 11.8 Å². The van der Waals surface area contributed by atoms with Gasteiger partial charge in [0.05, 0.1) is 18.5 Å². The average molecular weight is 461 g/mol. The van der Waals surface area contributed by atoms with Gasteiger partial charge in [0.15, 0.2) is 11.6 Å². The van der Waals surface area contributed by atoms with Crippen molar-refractivity contribution in [2.75, 3.05) is 24.4 Å². The van der Waals surface area contributed by atoms with Crippen LogP contribution in [0.1, 0.15) is 16.7 Å². The molecule has 0 fully saturated rings. The number of hydrogen-bond donors (Lipinski definition) is 2. The first-order valence-corrected chi connectivity index (χ1v) is 10.7. The minimum Gasteiger partial charge on any atom is -0.497 e. The van der Waals surface area contributed by atoms with Gasteiger partial charge in [0.1, 0.15) is 5.75 Å². The number of ether oxygens (including phenoxy) is 1. The summed E-state index contributed by atoms with van der Waals surface area (Å²) >= 11 is 6.32. The van der Waals surface area contributed by atoms with Crippen LogP contribution < -0.4 is 20.7 Å². The van der Waals surface area contributed by atoms with Crippen LogP contribution in [0, 0.1) is 0 Å². The quantitative estimate of drug-likeness (QED) is 0.626. The van der Waals surface area contributed by atoms with Crippen molar-refractivity contribution >= 4 is 40.5 Å². The highest BCUT2D eigenvalue weighted by Crippen LogP contribution is 2.42. The largest absolute Gasteiger partial charge is 0.497 e. The molecule has 2 unspecified atom stereocenters. The van der Waals surface area contributed by atoms with Crippen molar-refractivity contribution in [1.82, 2.24) is 0 Å². The fraction of sp³-hybridized carbons (Fsp3) is 0.160. The maximum atomic E-state index is 13.8. The third kappa shape index (κ3) is 3.20.